The Hall–Kier alpha value is -1.26. The molecule has 1 aromatic rings. The first kappa shape index (κ1) is 15.1. The lowest BCUT2D eigenvalue weighted by molar-refractivity contribution is -0.142. The van der Waals surface area contributed by atoms with Crippen LogP contribution >= 0.6 is 23.2 Å². The van der Waals surface area contributed by atoms with E-state index in [1.165, 1.54) is 0 Å². The summed E-state index contributed by atoms with van der Waals surface area (Å²) in [5.74, 6) is -1.87. The van der Waals surface area contributed by atoms with Gasteiger partial charge in [-0.15, -0.1) is 0 Å². The quantitative estimate of drug-likeness (QED) is 0.926. The van der Waals surface area contributed by atoms with E-state index >= 15 is 0 Å². The lowest BCUT2D eigenvalue weighted by Crippen LogP contribution is -2.31. The predicted molar refractivity (Wildman–Crippen MR) is 76.9 cm³/mol. The number of carbonyl (C=O) groups is 2. The molecule has 0 aromatic heterocycles. The lowest BCUT2D eigenvalue weighted by Gasteiger charge is -2.27. The fourth-order valence-corrected chi connectivity index (χ4v) is 3.22. The molecule has 1 aliphatic heterocycles. The molecule has 1 fully saturated rings. The van der Waals surface area contributed by atoms with Crippen LogP contribution in [0.2, 0.25) is 10.0 Å². The van der Waals surface area contributed by atoms with Gasteiger partial charge in [-0.3, -0.25) is 9.59 Å². The summed E-state index contributed by atoms with van der Waals surface area (Å²) >= 11 is 12.0. The average molecular weight is 316 g/mol. The van der Waals surface area contributed by atoms with Crippen molar-refractivity contribution in [2.45, 2.75) is 25.8 Å². The predicted octanol–water partition coefficient (Wildman–Crippen LogP) is 3.38. The first-order chi connectivity index (χ1) is 9.43. The van der Waals surface area contributed by atoms with E-state index in [9.17, 15) is 14.7 Å². The molecule has 0 spiro atoms. The third kappa shape index (κ3) is 2.91. The highest BCUT2D eigenvalue weighted by Crippen LogP contribution is 2.40. The van der Waals surface area contributed by atoms with Crippen molar-refractivity contribution in [3.05, 3.63) is 33.8 Å². The molecular weight excluding hydrogens is 301 g/mol. The second-order valence-corrected chi connectivity index (χ2v) is 5.76. The van der Waals surface area contributed by atoms with Gasteiger partial charge in [0.15, 0.2) is 0 Å². The number of nitrogens with zero attached hydrogens (tertiary/aromatic N) is 1. The van der Waals surface area contributed by atoms with Crippen LogP contribution in [0.5, 0.6) is 0 Å². The second-order valence-electron chi connectivity index (χ2n) is 4.88. The Kier molecular flexibility index (Phi) is 4.55. The van der Waals surface area contributed by atoms with Crippen LogP contribution < -0.4 is 0 Å². The number of carboxylic acids is 1. The molecular formula is C14H15Cl2NO3. The van der Waals surface area contributed by atoms with Crippen LogP contribution in [0.25, 0.3) is 0 Å². The van der Waals surface area contributed by atoms with E-state index in [0.29, 0.717) is 22.2 Å². The minimum Gasteiger partial charge on any atom is -0.481 e. The largest absolute Gasteiger partial charge is 0.481 e. The number of carbonyl (C=O) groups excluding carboxylic acids is 1. The second kappa shape index (κ2) is 6.02. The Labute approximate surface area is 127 Å². The maximum absolute atomic E-state index is 12.0. The van der Waals surface area contributed by atoms with Gasteiger partial charge in [-0.1, -0.05) is 30.1 Å². The Bertz CT molecular complexity index is 527. The Morgan fingerprint density at radius 1 is 1.35 bits per heavy atom. The van der Waals surface area contributed by atoms with Crippen LogP contribution in [0.15, 0.2) is 18.2 Å². The molecule has 20 heavy (non-hydrogen) atoms. The van der Waals surface area contributed by atoms with Crippen molar-refractivity contribution in [2.24, 2.45) is 5.92 Å². The molecule has 2 rings (SSSR count). The number of hydrogen-bond donors (Lipinski definition) is 1. The highest BCUT2D eigenvalue weighted by Gasteiger charge is 2.44. The molecule has 2 atom stereocenters. The zero-order valence-electron chi connectivity index (χ0n) is 11.0. The first-order valence-electron chi connectivity index (χ1n) is 6.42. The minimum absolute atomic E-state index is 0.0180. The van der Waals surface area contributed by atoms with Gasteiger partial charge in [0, 0.05) is 23.0 Å². The summed E-state index contributed by atoms with van der Waals surface area (Å²) in [5.41, 5.74) is 0.675. The smallest absolute Gasteiger partial charge is 0.309 e. The number of rotatable bonds is 4. The van der Waals surface area contributed by atoms with Crippen LogP contribution in [-0.2, 0) is 9.59 Å². The normalized spacial score (nSPS) is 22.4. The summed E-state index contributed by atoms with van der Waals surface area (Å²) in [5, 5.41) is 10.2. The van der Waals surface area contributed by atoms with Crippen molar-refractivity contribution in [3.8, 4) is 0 Å². The van der Waals surface area contributed by atoms with Crippen LogP contribution in [0, 0.1) is 5.92 Å². The molecule has 1 N–H and O–H groups in total. The fourth-order valence-electron chi connectivity index (χ4n) is 2.67. The van der Waals surface area contributed by atoms with Gasteiger partial charge in [0.05, 0.1) is 12.0 Å². The van der Waals surface area contributed by atoms with Gasteiger partial charge in [0.2, 0.25) is 5.91 Å². The van der Waals surface area contributed by atoms with Crippen LogP contribution in [0.1, 0.15) is 31.4 Å². The highest BCUT2D eigenvalue weighted by atomic mass is 35.5. The lowest BCUT2D eigenvalue weighted by atomic mass is 9.93. The van der Waals surface area contributed by atoms with Gasteiger partial charge in [-0.05, 0) is 30.2 Å². The molecule has 0 radical (unpaired) electrons. The SMILES string of the molecule is CCCN1C(=O)CC(C(=O)O)C1c1cc(Cl)cc(Cl)c1. The van der Waals surface area contributed by atoms with Gasteiger partial charge >= 0.3 is 5.97 Å². The third-order valence-electron chi connectivity index (χ3n) is 3.44. The molecule has 6 heteroatoms. The molecule has 0 saturated carbocycles. The van der Waals surface area contributed by atoms with E-state index in [2.05, 4.69) is 0 Å². The Morgan fingerprint density at radius 2 is 1.95 bits per heavy atom. The van der Waals surface area contributed by atoms with E-state index < -0.39 is 17.9 Å². The van der Waals surface area contributed by atoms with Crippen molar-refractivity contribution < 1.29 is 14.7 Å². The maximum Gasteiger partial charge on any atom is 0.309 e. The van der Waals surface area contributed by atoms with Crippen LogP contribution in [0.4, 0.5) is 0 Å². The summed E-state index contributed by atoms with van der Waals surface area (Å²) in [6.07, 6.45) is 0.785. The van der Waals surface area contributed by atoms with Gasteiger partial charge in [0.25, 0.3) is 0 Å². The molecule has 1 amide bonds. The van der Waals surface area contributed by atoms with E-state index in [1.54, 1.807) is 23.1 Å². The maximum atomic E-state index is 12.0. The molecule has 1 saturated heterocycles. The number of halogens is 2. The zero-order chi connectivity index (χ0) is 14.9. The summed E-state index contributed by atoms with van der Waals surface area (Å²) < 4.78 is 0. The van der Waals surface area contributed by atoms with Crippen molar-refractivity contribution >= 4 is 35.1 Å². The Morgan fingerprint density at radius 3 is 2.45 bits per heavy atom. The third-order valence-corrected chi connectivity index (χ3v) is 3.88. The van der Waals surface area contributed by atoms with Gasteiger partial charge < -0.3 is 10.0 Å². The fraction of sp³-hybridized carbons (Fsp3) is 0.429. The first-order valence-corrected chi connectivity index (χ1v) is 7.18. The number of benzene rings is 1. The highest BCUT2D eigenvalue weighted by molar-refractivity contribution is 6.34. The van der Waals surface area contributed by atoms with Crippen LogP contribution in [0.3, 0.4) is 0 Å². The van der Waals surface area contributed by atoms with E-state index in [0.717, 1.165) is 6.42 Å². The summed E-state index contributed by atoms with van der Waals surface area (Å²) in [7, 11) is 0. The van der Waals surface area contributed by atoms with E-state index in [4.69, 9.17) is 23.2 Å². The number of aliphatic carboxylic acids is 1. The van der Waals surface area contributed by atoms with Gasteiger partial charge in [-0.25, -0.2) is 0 Å². The molecule has 2 unspecified atom stereocenters. The molecule has 108 valence electrons. The monoisotopic (exact) mass is 315 g/mol. The van der Waals surface area contributed by atoms with E-state index in [1.807, 2.05) is 6.92 Å². The molecule has 0 bridgehead atoms. The summed E-state index contributed by atoms with van der Waals surface area (Å²) in [4.78, 5) is 25.0. The van der Waals surface area contributed by atoms with E-state index in [-0.39, 0.29) is 12.3 Å². The number of hydrogen-bond acceptors (Lipinski definition) is 2. The molecule has 0 aliphatic carbocycles. The Balaban J connectivity index is 2.45. The molecule has 1 heterocycles. The number of carboxylic acid groups (broad SMARTS) is 1. The zero-order valence-corrected chi connectivity index (χ0v) is 12.5. The molecule has 1 aromatic carbocycles. The van der Waals surface area contributed by atoms with Gasteiger partial charge in [-0.2, -0.15) is 0 Å². The minimum atomic E-state index is -0.974. The number of amides is 1. The van der Waals surface area contributed by atoms with Gasteiger partial charge in [0.1, 0.15) is 0 Å². The standard InChI is InChI=1S/C14H15Cl2NO3/c1-2-3-17-12(18)7-11(14(19)20)13(17)8-4-9(15)6-10(16)5-8/h4-6,11,13H,2-3,7H2,1H3,(H,19,20). The summed E-state index contributed by atoms with van der Waals surface area (Å²) in [6.45, 7) is 2.47. The topological polar surface area (TPSA) is 57.6 Å². The van der Waals surface area contributed by atoms with Crippen molar-refractivity contribution in [1.82, 2.24) is 4.90 Å². The van der Waals surface area contributed by atoms with Crippen LogP contribution in [-0.4, -0.2) is 28.4 Å². The average Bonchev–Trinajstić information content (AvgIpc) is 2.66. The number of likely N-dealkylation sites (tertiary alicyclic amines) is 1. The van der Waals surface area contributed by atoms with Crippen molar-refractivity contribution in [3.63, 3.8) is 0 Å². The van der Waals surface area contributed by atoms with Crippen molar-refractivity contribution in [2.75, 3.05) is 6.54 Å². The molecule has 1 aliphatic rings. The van der Waals surface area contributed by atoms with Crippen molar-refractivity contribution in [1.29, 1.82) is 0 Å². The molecule has 4 nitrogen and oxygen atoms in total. The summed E-state index contributed by atoms with van der Waals surface area (Å²) in [6, 6.07) is 4.43.